The van der Waals surface area contributed by atoms with Gasteiger partial charge in [-0.1, -0.05) is 16.8 Å². The van der Waals surface area contributed by atoms with Crippen molar-refractivity contribution in [2.24, 2.45) is 0 Å². The fourth-order valence-corrected chi connectivity index (χ4v) is 2.47. The molecule has 1 saturated heterocycles. The summed E-state index contributed by atoms with van der Waals surface area (Å²) in [5.41, 5.74) is 0.897. The molecule has 1 N–H and O–H groups in total. The molecule has 112 valence electrons. The van der Waals surface area contributed by atoms with Gasteiger partial charge in [-0.05, 0) is 50.2 Å². The highest BCUT2D eigenvalue weighted by molar-refractivity contribution is 6.30. The molecule has 0 unspecified atom stereocenters. The predicted molar refractivity (Wildman–Crippen MR) is 80.3 cm³/mol. The van der Waals surface area contributed by atoms with Crippen molar-refractivity contribution >= 4 is 11.6 Å². The van der Waals surface area contributed by atoms with Crippen LogP contribution in [-0.2, 0) is 11.2 Å². The number of ether oxygens (including phenoxy) is 1. The molecule has 0 aliphatic carbocycles. The van der Waals surface area contributed by atoms with Gasteiger partial charge in [0.25, 0.3) is 0 Å². The molecule has 0 bridgehead atoms. The van der Waals surface area contributed by atoms with Crippen LogP contribution in [0.5, 0.6) is 0 Å². The SMILES string of the molecule is Clc1ccc(-c2noc(CCOC3CCNCC3)n2)cc1. The number of piperidine rings is 1. The number of hydrogen-bond acceptors (Lipinski definition) is 5. The van der Waals surface area contributed by atoms with Gasteiger partial charge in [-0.3, -0.25) is 0 Å². The molecule has 0 saturated carbocycles. The highest BCUT2D eigenvalue weighted by Gasteiger charge is 2.14. The number of nitrogens with one attached hydrogen (secondary N) is 1. The van der Waals surface area contributed by atoms with E-state index in [0.29, 0.717) is 35.9 Å². The van der Waals surface area contributed by atoms with E-state index in [2.05, 4.69) is 15.5 Å². The first-order valence-corrected chi connectivity index (χ1v) is 7.60. The first kappa shape index (κ1) is 14.5. The van der Waals surface area contributed by atoms with E-state index in [1.165, 1.54) is 0 Å². The fraction of sp³-hybridized carbons (Fsp3) is 0.467. The Hall–Kier alpha value is -1.43. The summed E-state index contributed by atoms with van der Waals surface area (Å²) in [5, 5.41) is 8.00. The lowest BCUT2D eigenvalue weighted by Crippen LogP contribution is -2.32. The first-order valence-electron chi connectivity index (χ1n) is 7.22. The Morgan fingerprint density at radius 2 is 2.00 bits per heavy atom. The molecule has 1 fully saturated rings. The van der Waals surface area contributed by atoms with Crippen molar-refractivity contribution in [2.45, 2.75) is 25.4 Å². The van der Waals surface area contributed by atoms with Gasteiger partial charge in [0.1, 0.15) is 0 Å². The molecule has 1 aromatic carbocycles. The Balaban J connectivity index is 1.51. The van der Waals surface area contributed by atoms with Crippen molar-refractivity contribution in [1.29, 1.82) is 0 Å². The summed E-state index contributed by atoms with van der Waals surface area (Å²) in [6, 6.07) is 7.38. The second-order valence-electron chi connectivity index (χ2n) is 5.09. The molecule has 2 heterocycles. The van der Waals surface area contributed by atoms with Crippen LogP contribution >= 0.6 is 11.6 Å². The molecule has 1 aromatic heterocycles. The zero-order valence-electron chi connectivity index (χ0n) is 11.7. The largest absolute Gasteiger partial charge is 0.378 e. The molecule has 2 aromatic rings. The monoisotopic (exact) mass is 307 g/mol. The zero-order chi connectivity index (χ0) is 14.5. The van der Waals surface area contributed by atoms with Crippen LogP contribution in [0, 0.1) is 0 Å². The Morgan fingerprint density at radius 1 is 1.24 bits per heavy atom. The van der Waals surface area contributed by atoms with E-state index in [4.69, 9.17) is 20.9 Å². The zero-order valence-corrected chi connectivity index (χ0v) is 12.5. The minimum absolute atomic E-state index is 0.352. The molecule has 5 nitrogen and oxygen atoms in total. The third kappa shape index (κ3) is 4.03. The van der Waals surface area contributed by atoms with Crippen LogP contribution in [0.4, 0.5) is 0 Å². The number of aromatic nitrogens is 2. The standard InChI is InChI=1S/C15H18ClN3O2/c16-12-3-1-11(2-4-12)15-18-14(21-19-15)7-10-20-13-5-8-17-9-6-13/h1-4,13,17H,5-10H2. The lowest BCUT2D eigenvalue weighted by atomic mass is 10.1. The van der Waals surface area contributed by atoms with E-state index in [0.717, 1.165) is 31.5 Å². The second kappa shape index (κ2) is 7.02. The molecule has 1 aliphatic rings. The van der Waals surface area contributed by atoms with Gasteiger partial charge in [-0.2, -0.15) is 4.98 Å². The molecule has 0 atom stereocenters. The molecule has 1 aliphatic heterocycles. The van der Waals surface area contributed by atoms with Crippen LogP contribution in [-0.4, -0.2) is 35.9 Å². The van der Waals surface area contributed by atoms with Gasteiger partial charge in [0, 0.05) is 10.6 Å². The van der Waals surface area contributed by atoms with E-state index in [1.807, 2.05) is 24.3 Å². The van der Waals surface area contributed by atoms with Crippen molar-refractivity contribution < 1.29 is 9.26 Å². The van der Waals surface area contributed by atoms with Gasteiger partial charge in [-0.25, -0.2) is 0 Å². The molecule has 6 heteroatoms. The Morgan fingerprint density at radius 3 is 2.76 bits per heavy atom. The van der Waals surface area contributed by atoms with Crippen molar-refractivity contribution in [3.8, 4) is 11.4 Å². The maximum absolute atomic E-state index is 5.86. The van der Waals surface area contributed by atoms with Crippen LogP contribution in [0.15, 0.2) is 28.8 Å². The molecular weight excluding hydrogens is 290 g/mol. The maximum atomic E-state index is 5.86. The number of benzene rings is 1. The smallest absolute Gasteiger partial charge is 0.229 e. The molecule has 0 spiro atoms. The summed E-state index contributed by atoms with van der Waals surface area (Å²) < 4.78 is 11.1. The minimum Gasteiger partial charge on any atom is -0.378 e. The van der Waals surface area contributed by atoms with Crippen LogP contribution in [0.25, 0.3) is 11.4 Å². The van der Waals surface area contributed by atoms with Gasteiger partial charge in [0.2, 0.25) is 11.7 Å². The third-order valence-electron chi connectivity index (χ3n) is 3.53. The highest BCUT2D eigenvalue weighted by atomic mass is 35.5. The van der Waals surface area contributed by atoms with Crippen molar-refractivity contribution in [3.05, 3.63) is 35.2 Å². The average Bonchev–Trinajstić information content (AvgIpc) is 2.98. The van der Waals surface area contributed by atoms with Gasteiger partial charge >= 0.3 is 0 Å². The maximum Gasteiger partial charge on any atom is 0.229 e. The highest BCUT2D eigenvalue weighted by Crippen LogP contribution is 2.18. The van der Waals surface area contributed by atoms with Crippen LogP contribution in [0.2, 0.25) is 5.02 Å². The van der Waals surface area contributed by atoms with Gasteiger partial charge < -0.3 is 14.6 Å². The fourth-order valence-electron chi connectivity index (χ4n) is 2.35. The number of rotatable bonds is 5. The van der Waals surface area contributed by atoms with Gasteiger partial charge in [0.05, 0.1) is 19.1 Å². The lowest BCUT2D eigenvalue weighted by molar-refractivity contribution is 0.0322. The van der Waals surface area contributed by atoms with Gasteiger partial charge in [-0.15, -0.1) is 0 Å². The van der Waals surface area contributed by atoms with E-state index >= 15 is 0 Å². The summed E-state index contributed by atoms with van der Waals surface area (Å²) in [7, 11) is 0. The van der Waals surface area contributed by atoms with E-state index in [-0.39, 0.29) is 0 Å². The summed E-state index contributed by atoms with van der Waals surface area (Å²) >= 11 is 5.86. The third-order valence-corrected chi connectivity index (χ3v) is 3.78. The number of halogens is 1. The normalized spacial score (nSPS) is 16.2. The molecular formula is C15H18ClN3O2. The van der Waals surface area contributed by atoms with Gasteiger partial charge in [0.15, 0.2) is 0 Å². The van der Waals surface area contributed by atoms with Crippen LogP contribution in [0.1, 0.15) is 18.7 Å². The van der Waals surface area contributed by atoms with E-state index in [1.54, 1.807) is 0 Å². The second-order valence-corrected chi connectivity index (χ2v) is 5.53. The first-order chi connectivity index (χ1) is 10.3. The topological polar surface area (TPSA) is 60.2 Å². The van der Waals surface area contributed by atoms with Crippen LogP contribution < -0.4 is 5.32 Å². The Labute approximate surface area is 128 Å². The summed E-state index contributed by atoms with van der Waals surface area (Å²) in [5.74, 6) is 1.19. The average molecular weight is 308 g/mol. The van der Waals surface area contributed by atoms with Crippen molar-refractivity contribution in [2.75, 3.05) is 19.7 Å². The Bertz CT molecular complexity index is 565. The van der Waals surface area contributed by atoms with Crippen molar-refractivity contribution in [3.63, 3.8) is 0 Å². The number of hydrogen-bond donors (Lipinski definition) is 1. The molecule has 21 heavy (non-hydrogen) atoms. The molecule has 3 rings (SSSR count). The van der Waals surface area contributed by atoms with E-state index < -0.39 is 0 Å². The lowest BCUT2D eigenvalue weighted by Gasteiger charge is -2.22. The Kier molecular flexibility index (Phi) is 4.85. The summed E-state index contributed by atoms with van der Waals surface area (Å²) in [6.45, 7) is 2.69. The van der Waals surface area contributed by atoms with Crippen LogP contribution in [0.3, 0.4) is 0 Å². The van der Waals surface area contributed by atoms with Crippen molar-refractivity contribution in [1.82, 2.24) is 15.5 Å². The molecule has 0 amide bonds. The summed E-state index contributed by atoms with van der Waals surface area (Å²) in [4.78, 5) is 4.38. The predicted octanol–water partition coefficient (Wildman–Crippen LogP) is 2.70. The summed E-state index contributed by atoms with van der Waals surface area (Å²) in [6.07, 6.45) is 3.13. The quantitative estimate of drug-likeness (QED) is 0.920. The molecule has 0 radical (unpaired) electrons. The minimum atomic E-state index is 0.352. The van der Waals surface area contributed by atoms with E-state index in [9.17, 15) is 0 Å². The number of nitrogens with zero attached hydrogens (tertiary/aromatic N) is 2.